The summed E-state index contributed by atoms with van der Waals surface area (Å²) in [7, 11) is 0. The zero-order chi connectivity index (χ0) is 40.0. The molecule has 2 aliphatic carbocycles. The van der Waals surface area contributed by atoms with Gasteiger partial charge in [-0.2, -0.15) is 0 Å². The van der Waals surface area contributed by atoms with E-state index in [9.17, 15) is 0 Å². The van der Waals surface area contributed by atoms with Gasteiger partial charge < -0.3 is 0 Å². The molecule has 8 aromatic carbocycles. The van der Waals surface area contributed by atoms with E-state index in [1.165, 1.54) is 82.4 Å². The number of terminal acetylenes is 1. The molecule has 9 aromatic rings. The van der Waals surface area contributed by atoms with Gasteiger partial charge in [-0.1, -0.05) is 169 Å². The van der Waals surface area contributed by atoms with Gasteiger partial charge in [-0.15, -0.1) is 6.42 Å². The molecule has 0 N–H and O–H groups in total. The molecule has 0 bridgehead atoms. The van der Waals surface area contributed by atoms with Gasteiger partial charge in [0, 0.05) is 35.7 Å². The highest BCUT2D eigenvalue weighted by Gasteiger charge is 2.53. The fraction of sp³-hybridized carbons (Fsp3) is 0.0690. The maximum Gasteiger partial charge on any atom is 0.0967 e. The van der Waals surface area contributed by atoms with E-state index in [4.69, 9.17) is 16.4 Å². The average molecular weight is 763 g/mol. The van der Waals surface area contributed by atoms with Crippen molar-refractivity contribution in [1.29, 1.82) is 0 Å². The fourth-order valence-electron chi connectivity index (χ4n) is 10.6. The molecular formula is C58H38N2. The van der Waals surface area contributed by atoms with Gasteiger partial charge in [0.15, 0.2) is 0 Å². The lowest BCUT2D eigenvalue weighted by molar-refractivity contribution is 0.795. The predicted octanol–water partition coefficient (Wildman–Crippen LogP) is 14.3. The van der Waals surface area contributed by atoms with Crippen LogP contribution in [0.2, 0.25) is 0 Å². The molecule has 2 nitrogen and oxygen atoms in total. The second-order valence-electron chi connectivity index (χ2n) is 16.3. The molecule has 1 spiro atoms. The normalized spacial score (nSPS) is 15.8. The van der Waals surface area contributed by atoms with E-state index in [2.05, 4.69) is 183 Å². The van der Waals surface area contributed by atoms with Gasteiger partial charge in [0.2, 0.25) is 0 Å². The summed E-state index contributed by atoms with van der Waals surface area (Å²) in [6.07, 6.45) is 18.5. The first-order valence-electron chi connectivity index (χ1n) is 20.8. The SMILES string of the molecule is C#C/C=C1\C(=C/Cc2ccc3ccc4c(c3n2)N=CCC=C4)c2c(-c3ccc4c5ccc(C)cc5c5ccccc5c4c3)cccc2C12c1ccccc1-c1ccccc12. The quantitative estimate of drug-likeness (QED) is 0.130. The van der Waals surface area contributed by atoms with Crippen LogP contribution in [0.1, 0.15) is 45.5 Å². The summed E-state index contributed by atoms with van der Waals surface area (Å²) in [6.45, 7) is 2.18. The van der Waals surface area contributed by atoms with Gasteiger partial charge in [0.1, 0.15) is 0 Å². The molecule has 0 radical (unpaired) electrons. The molecule has 0 amide bonds. The lowest BCUT2D eigenvalue weighted by atomic mass is 9.70. The monoisotopic (exact) mass is 762 g/mol. The third-order valence-corrected chi connectivity index (χ3v) is 13.1. The zero-order valence-electron chi connectivity index (χ0n) is 33.2. The lowest BCUT2D eigenvalue weighted by Gasteiger charge is -2.30. The molecular weight excluding hydrogens is 725 g/mol. The van der Waals surface area contributed by atoms with Crippen LogP contribution in [-0.4, -0.2) is 11.2 Å². The second-order valence-corrected chi connectivity index (χ2v) is 16.3. The van der Waals surface area contributed by atoms with E-state index in [0.29, 0.717) is 6.42 Å². The van der Waals surface area contributed by atoms with Crippen molar-refractivity contribution in [3.63, 3.8) is 0 Å². The number of hydrogen-bond acceptors (Lipinski definition) is 2. The number of aromatic nitrogens is 1. The lowest BCUT2D eigenvalue weighted by Crippen LogP contribution is -2.26. The second kappa shape index (κ2) is 13.2. The van der Waals surface area contributed by atoms with Crippen LogP contribution in [0.3, 0.4) is 0 Å². The summed E-state index contributed by atoms with van der Waals surface area (Å²) in [5.74, 6) is 3.03. The highest BCUT2D eigenvalue weighted by molar-refractivity contribution is 6.26. The molecule has 0 atom stereocenters. The van der Waals surface area contributed by atoms with E-state index in [-0.39, 0.29) is 0 Å². The summed E-state index contributed by atoms with van der Waals surface area (Å²) in [5, 5.41) is 8.71. The van der Waals surface area contributed by atoms with Crippen molar-refractivity contribution in [2.45, 2.75) is 25.2 Å². The molecule has 280 valence electrons. The number of allylic oxidation sites excluding steroid dienone is 5. The molecule has 2 heteroatoms. The minimum atomic E-state index is -0.594. The van der Waals surface area contributed by atoms with Crippen molar-refractivity contribution in [1.82, 2.24) is 4.98 Å². The highest BCUT2D eigenvalue weighted by Crippen LogP contribution is 2.65. The first kappa shape index (κ1) is 34.4. The minimum absolute atomic E-state index is 0.594. The van der Waals surface area contributed by atoms with Crippen molar-refractivity contribution in [2.75, 3.05) is 0 Å². The number of pyridine rings is 1. The van der Waals surface area contributed by atoms with Crippen molar-refractivity contribution in [2.24, 2.45) is 4.99 Å². The van der Waals surface area contributed by atoms with Crippen LogP contribution in [0.25, 0.3) is 77.1 Å². The molecule has 1 aliphatic heterocycles. The van der Waals surface area contributed by atoms with Crippen LogP contribution >= 0.6 is 0 Å². The summed E-state index contributed by atoms with van der Waals surface area (Å²) >= 11 is 0. The summed E-state index contributed by atoms with van der Waals surface area (Å²) < 4.78 is 0. The number of nitrogens with zero attached hydrogens (tertiary/aromatic N) is 2. The third kappa shape index (κ3) is 4.84. The number of aryl methyl sites for hydroxylation is 1. The minimum Gasteiger partial charge on any atom is -0.258 e. The fourth-order valence-corrected chi connectivity index (χ4v) is 10.6. The topological polar surface area (TPSA) is 25.2 Å². The summed E-state index contributed by atoms with van der Waals surface area (Å²) in [5.41, 5.74) is 16.8. The maximum absolute atomic E-state index is 6.38. The largest absolute Gasteiger partial charge is 0.258 e. The van der Waals surface area contributed by atoms with E-state index in [1.807, 2.05) is 12.3 Å². The Morgan fingerprint density at radius 2 is 1.32 bits per heavy atom. The van der Waals surface area contributed by atoms with Gasteiger partial charge in [-0.25, -0.2) is 0 Å². The third-order valence-electron chi connectivity index (χ3n) is 13.1. The number of hydrogen-bond donors (Lipinski definition) is 0. The Bertz CT molecular complexity index is 3450. The molecule has 0 unspecified atom stereocenters. The molecule has 12 rings (SSSR count). The Balaban J connectivity index is 1.13. The van der Waals surface area contributed by atoms with Gasteiger partial charge in [0.05, 0.1) is 16.6 Å². The number of rotatable bonds is 3. The molecule has 60 heavy (non-hydrogen) atoms. The van der Waals surface area contributed by atoms with E-state index >= 15 is 0 Å². The number of fused-ring (bicyclic) bond motifs is 16. The van der Waals surface area contributed by atoms with Crippen LogP contribution in [0.15, 0.2) is 180 Å². The number of benzene rings is 8. The Hall–Kier alpha value is -7.60. The van der Waals surface area contributed by atoms with Gasteiger partial charge >= 0.3 is 0 Å². The Morgan fingerprint density at radius 1 is 0.650 bits per heavy atom. The number of aliphatic imine (C=N–C) groups is 1. The summed E-state index contributed by atoms with van der Waals surface area (Å²) in [6, 6.07) is 56.1. The van der Waals surface area contributed by atoms with Crippen LogP contribution in [0, 0.1) is 19.3 Å². The summed E-state index contributed by atoms with van der Waals surface area (Å²) in [4.78, 5) is 10.2. The van der Waals surface area contributed by atoms with Gasteiger partial charge in [-0.3, -0.25) is 9.98 Å². The Labute approximate surface area is 349 Å². The van der Waals surface area contributed by atoms with Crippen molar-refractivity contribution < 1.29 is 0 Å². The highest BCUT2D eigenvalue weighted by atomic mass is 14.8. The molecule has 0 saturated heterocycles. The first-order chi connectivity index (χ1) is 29.6. The molecule has 0 saturated carbocycles. The van der Waals surface area contributed by atoms with Crippen molar-refractivity contribution >= 4 is 66.8 Å². The van der Waals surface area contributed by atoms with E-state index in [1.54, 1.807) is 0 Å². The standard InChI is InChI=1S/C58H38N2/c1-3-13-51-48(32-29-40-28-26-38-25-24-37-14-10-11-33-59-56(37)57(38)60-40)55-41(19-12-22-54(55)58(51)52-20-8-6-17-46(52)47-18-7-9-21-53(47)58)39-27-31-45-44-30-23-36(2)34-49(44)42-15-4-5-16-43(42)50(45)35-39/h1,4-10,12-28,30-35H,11,29H2,2H3/b48-32+,51-13+. The zero-order valence-corrected chi connectivity index (χ0v) is 33.2. The molecule has 1 aromatic heterocycles. The Morgan fingerprint density at radius 3 is 2.10 bits per heavy atom. The van der Waals surface area contributed by atoms with Crippen LogP contribution in [0.5, 0.6) is 0 Å². The predicted molar refractivity (Wildman–Crippen MR) is 253 cm³/mol. The maximum atomic E-state index is 6.38. The van der Waals surface area contributed by atoms with Crippen LogP contribution in [0.4, 0.5) is 5.69 Å². The van der Waals surface area contributed by atoms with Crippen LogP contribution in [-0.2, 0) is 11.8 Å². The van der Waals surface area contributed by atoms with Gasteiger partial charge in [0.25, 0.3) is 0 Å². The van der Waals surface area contributed by atoms with Gasteiger partial charge in [-0.05, 0) is 113 Å². The average Bonchev–Trinajstić information content (AvgIpc) is 3.60. The van der Waals surface area contributed by atoms with Crippen LogP contribution < -0.4 is 0 Å². The van der Waals surface area contributed by atoms with E-state index in [0.717, 1.165) is 45.4 Å². The first-order valence-corrected chi connectivity index (χ1v) is 20.8. The van der Waals surface area contributed by atoms with E-state index < -0.39 is 5.41 Å². The molecule has 0 fully saturated rings. The smallest absolute Gasteiger partial charge is 0.0967 e. The van der Waals surface area contributed by atoms with Crippen molar-refractivity contribution in [3.05, 3.63) is 215 Å². The van der Waals surface area contributed by atoms with Crippen molar-refractivity contribution in [3.8, 4) is 34.6 Å². The molecule has 2 heterocycles. The molecule has 3 aliphatic rings. The Kier molecular flexibility index (Phi) is 7.59.